The van der Waals surface area contributed by atoms with Gasteiger partial charge >= 0.3 is 5.97 Å². The Kier molecular flexibility index (Phi) is 2.38. The lowest BCUT2D eigenvalue weighted by molar-refractivity contribution is 0.0689. The maximum Gasteiger partial charge on any atom is 0.352 e. The number of carbonyl (C=O) groups is 1. The van der Waals surface area contributed by atoms with Crippen molar-refractivity contribution in [3.63, 3.8) is 0 Å². The van der Waals surface area contributed by atoms with Crippen LogP contribution in [0.4, 0.5) is 0 Å². The zero-order valence-corrected chi connectivity index (χ0v) is 10.5. The highest BCUT2D eigenvalue weighted by Crippen LogP contribution is 2.22. The molecule has 3 aromatic rings. The van der Waals surface area contributed by atoms with E-state index >= 15 is 0 Å². The monoisotopic (exact) mass is 256 g/mol. The molecule has 0 saturated carbocycles. The zero-order chi connectivity index (χ0) is 13.6. The maximum absolute atomic E-state index is 11.2. The second-order valence-electron chi connectivity index (χ2n) is 4.37. The molecule has 6 nitrogen and oxygen atoms in total. The molecule has 3 rings (SSSR count). The van der Waals surface area contributed by atoms with Crippen LogP contribution in [0.3, 0.4) is 0 Å². The van der Waals surface area contributed by atoms with Crippen molar-refractivity contribution in [3.05, 3.63) is 42.0 Å². The van der Waals surface area contributed by atoms with Crippen molar-refractivity contribution in [2.45, 2.75) is 6.92 Å². The number of aromatic carboxylic acids is 1. The molecule has 0 aliphatic heterocycles. The van der Waals surface area contributed by atoms with Gasteiger partial charge in [-0.15, -0.1) is 0 Å². The first-order valence-corrected chi connectivity index (χ1v) is 5.78. The number of pyridine rings is 1. The smallest absolute Gasteiger partial charge is 0.352 e. The van der Waals surface area contributed by atoms with Gasteiger partial charge in [0.05, 0.1) is 11.4 Å². The number of hydrogen-bond donors (Lipinski definition) is 1. The Morgan fingerprint density at radius 3 is 2.74 bits per heavy atom. The summed E-state index contributed by atoms with van der Waals surface area (Å²) < 4.78 is 3.29. The van der Waals surface area contributed by atoms with Crippen LogP contribution in [-0.4, -0.2) is 30.2 Å². The van der Waals surface area contributed by atoms with Gasteiger partial charge in [0.1, 0.15) is 11.3 Å². The van der Waals surface area contributed by atoms with Gasteiger partial charge in [0.2, 0.25) is 0 Å². The highest BCUT2D eigenvalue weighted by Gasteiger charge is 2.13. The highest BCUT2D eigenvalue weighted by atomic mass is 16.4. The molecule has 6 heteroatoms. The van der Waals surface area contributed by atoms with Crippen LogP contribution in [0.25, 0.3) is 16.9 Å². The normalized spacial score (nSPS) is 11.1. The average Bonchev–Trinajstić information content (AvgIpc) is 2.91. The quantitative estimate of drug-likeness (QED) is 0.758. The lowest BCUT2D eigenvalue weighted by atomic mass is 10.2. The third-order valence-electron chi connectivity index (χ3n) is 3.00. The van der Waals surface area contributed by atoms with E-state index in [1.54, 1.807) is 33.5 Å². The Morgan fingerprint density at radius 1 is 1.32 bits per heavy atom. The Bertz CT molecular complexity index is 785. The van der Waals surface area contributed by atoms with Gasteiger partial charge in [-0.2, -0.15) is 5.10 Å². The molecule has 0 aromatic carbocycles. The number of hydrogen-bond acceptors (Lipinski definition) is 3. The SMILES string of the molecule is Cc1nn(C)cc1-c1cn2c(C(=O)O)cccc2n1. The number of aromatic nitrogens is 4. The summed E-state index contributed by atoms with van der Waals surface area (Å²) >= 11 is 0. The van der Waals surface area contributed by atoms with E-state index in [2.05, 4.69) is 10.1 Å². The van der Waals surface area contributed by atoms with Gasteiger partial charge in [-0.3, -0.25) is 9.08 Å². The van der Waals surface area contributed by atoms with E-state index in [0.717, 1.165) is 17.0 Å². The molecule has 0 radical (unpaired) electrons. The summed E-state index contributed by atoms with van der Waals surface area (Å²) in [4.78, 5) is 15.6. The van der Waals surface area contributed by atoms with E-state index in [0.29, 0.717) is 5.65 Å². The molecular formula is C13H12N4O2. The van der Waals surface area contributed by atoms with Gasteiger partial charge in [-0.05, 0) is 19.1 Å². The molecule has 0 bridgehead atoms. The zero-order valence-electron chi connectivity index (χ0n) is 10.5. The van der Waals surface area contributed by atoms with E-state index in [1.165, 1.54) is 0 Å². The Hall–Kier alpha value is -2.63. The lowest BCUT2D eigenvalue weighted by Crippen LogP contribution is -2.03. The predicted molar refractivity (Wildman–Crippen MR) is 69.1 cm³/mol. The Morgan fingerprint density at radius 2 is 2.11 bits per heavy atom. The first kappa shape index (κ1) is 11.5. The molecule has 96 valence electrons. The minimum atomic E-state index is -0.975. The van der Waals surface area contributed by atoms with Crippen LogP contribution < -0.4 is 0 Å². The highest BCUT2D eigenvalue weighted by molar-refractivity contribution is 5.87. The topological polar surface area (TPSA) is 72.4 Å². The second-order valence-corrected chi connectivity index (χ2v) is 4.37. The number of rotatable bonds is 2. The minimum Gasteiger partial charge on any atom is -0.477 e. The van der Waals surface area contributed by atoms with Crippen LogP contribution in [-0.2, 0) is 7.05 Å². The number of aryl methyl sites for hydroxylation is 2. The van der Waals surface area contributed by atoms with Crippen molar-refractivity contribution >= 4 is 11.6 Å². The molecule has 0 aliphatic rings. The van der Waals surface area contributed by atoms with E-state index in [9.17, 15) is 4.79 Å². The Balaban J connectivity index is 2.25. The summed E-state index contributed by atoms with van der Waals surface area (Å²) in [6.07, 6.45) is 3.60. The van der Waals surface area contributed by atoms with E-state index in [4.69, 9.17) is 5.11 Å². The molecule has 0 saturated heterocycles. The van der Waals surface area contributed by atoms with Gasteiger partial charge in [0.15, 0.2) is 0 Å². The van der Waals surface area contributed by atoms with E-state index < -0.39 is 5.97 Å². The van der Waals surface area contributed by atoms with Gasteiger partial charge in [-0.25, -0.2) is 9.78 Å². The molecule has 1 N–H and O–H groups in total. The number of carboxylic acid groups (broad SMARTS) is 1. The average molecular weight is 256 g/mol. The summed E-state index contributed by atoms with van der Waals surface area (Å²) in [7, 11) is 1.84. The first-order chi connectivity index (χ1) is 9.06. The van der Waals surface area contributed by atoms with Crippen LogP contribution in [0.1, 0.15) is 16.2 Å². The summed E-state index contributed by atoms with van der Waals surface area (Å²) in [6, 6.07) is 5.02. The predicted octanol–water partition coefficient (Wildman–Crippen LogP) is 1.74. The van der Waals surface area contributed by atoms with E-state index in [1.807, 2.05) is 20.2 Å². The Labute approximate surface area is 108 Å². The standard InChI is InChI=1S/C13H12N4O2/c1-8-9(6-16(2)15-8)10-7-17-11(13(18)19)4-3-5-12(17)14-10/h3-7H,1-2H3,(H,18,19). The van der Waals surface area contributed by atoms with Crippen LogP contribution in [0.2, 0.25) is 0 Å². The number of fused-ring (bicyclic) bond motifs is 1. The molecule has 0 unspecified atom stereocenters. The van der Waals surface area contributed by atoms with E-state index in [-0.39, 0.29) is 5.69 Å². The van der Waals surface area contributed by atoms with Crippen molar-refractivity contribution in [1.29, 1.82) is 0 Å². The number of imidazole rings is 1. The molecular weight excluding hydrogens is 244 g/mol. The summed E-state index contributed by atoms with van der Waals surface area (Å²) in [6.45, 7) is 1.90. The lowest BCUT2D eigenvalue weighted by Gasteiger charge is -1.97. The van der Waals surface area contributed by atoms with Crippen molar-refractivity contribution in [1.82, 2.24) is 19.2 Å². The fourth-order valence-corrected chi connectivity index (χ4v) is 2.17. The number of carboxylic acids is 1. The van der Waals surface area contributed by atoms with Crippen molar-refractivity contribution < 1.29 is 9.90 Å². The first-order valence-electron chi connectivity index (χ1n) is 5.78. The van der Waals surface area contributed by atoms with Gasteiger partial charge < -0.3 is 5.11 Å². The summed E-state index contributed by atoms with van der Waals surface area (Å²) in [5.41, 5.74) is 3.29. The van der Waals surface area contributed by atoms with Crippen molar-refractivity contribution in [2.24, 2.45) is 7.05 Å². The second kappa shape index (κ2) is 3.94. The summed E-state index contributed by atoms with van der Waals surface area (Å²) in [5.74, 6) is -0.975. The van der Waals surface area contributed by atoms with Gasteiger partial charge in [-0.1, -0.05) is 6.07 Å². The van der Waals surface area contributed by atoms with Crippen molar-refractivity contribution in [3.8, 4) is 11.3 Å². The maximum atomic E-state index is 11.2. The molecule has 19 heavy (non-hydrogen) atoms. The van der Waals surface area contributed by atoms with Gasteiger partial charge in [0.25, 0.3) is 0 Å². The van der Waals surface area contributed by atoms with Crippen LogP contribution in [0.5, 0.6) is 0 Å². The minimum absolute atomic E-state index is 0.192. The third-order valence-corrected chi connectivity index (χ3v) is 3.00. The largest absolute Gasteiger partial charge is 0.477 e. The number of nitrogens with zero attached hydrogens (tertiary/aromatic N) is 4. The summed E-state index contributed by atoms with van der Waals surface area (Å²) in [5, 5.41) is 13.4. The van der Waals surface area contributed by atoms with Crippen LogP contribution in [0, 0.1) is 6.92 Å². The molecule has 3 aromatic heterocycles. The fourth-order valence-electron chi connectivity index (χ4n) is 2.17. The molecule has 0 spiro atoms. The molecule has 0 amide bonds. The van der Waals surface area contributed by atoms with Crippen LogP contribution >= 0.6 is 0 Å². The molecule has 0 fully saturated rings. The van der Waals surface area contributed by atoms with Crippen molar-refractivity contribution in [2.75, 3.05) is 0 Å². The van der Waals surface area contributed by atoms with Crippen LogP contribution in [0.15, 0.2) is 30.6 Å². The molecule has 3 heterocycles. The third kappa shape index (κ3) is 1.77. The molecule has 0 aliphatic carbocycles. The van der Waals surface area contributed by atoms with Gasteiger partial charge in [0, 0.05) is 25.0 Å². The fraction of sp³-hybridized carbons (Fsp3) is 0.154. The molecule has 0 atom stereocenters.